The molecule has 0 nitrogen and oxygen atoms in total. The Morgan fingerprint density at radius 2 is 1.43 bits per heavy atom. The van der Waals surface area contributed by atoms with Crippen LogP contribution in [0, 0.1) is 0 Å². The van der Waals surface area contributed by atoms with Crippen molar-refractivity contribution in [1.82, 2.24) is 0 Å². The first kappa shape index (κ1) is 16.8. The zero-order chi connectivity index (χ0) is 15.3. The second-order valence-electron chi connectivity index (χ2n) is 5.99. The van der Waals surface area contributed by atoms with Gasteiger partial charge in [-0.15, -0.1) is 0 Å². The molecule has 0 saturated heterocycles. The molecule has 0 saturated carbocycles. The van der Waals surface area contributed by atoms with Crippen LogP contribution >= 0.6 is 31.9 Å². The Labute approximate surface area is 145 Å². The van der Waals surface area contributed by atoms with Gasteiger partial charge in [0.25, 0.3) is 0 Å². The van der Waals surface area contributed by atoms with E-state index in [1.807, 2.05) is 0 Å². The molecular weight excluding hydrogens is 388 g/mol. The smallest absolute Gasteiger partial charge is 0.0187 e. The first-order valence-electron chi connectivity index (χ1n) is 7.37. The maximum absolute atomic E-state index is 3.74. The topological polar surface area (TPSA) is 0 Å². The van der Waals surface area contributed by atoms with Gasteiger partial charge in [0.2, 0.25) is 0 Å². The summed E-state index contributed by atoms with van der Waals surface area (Å²) in [5.41, 5.74) is 4.27. The standard InChI is InChI=1S/C19H22Br2/c1-15(2)17-10-8-16(9-11-17)12-19(13-20,14-21)18-6-4-3-5-7-18/h3-11,15H,12-14H2,1-2H3. The lowest BCUT2D eigenvalue weighted by molar-refractivity contribution is 0.551. The van der Waals surface area contributed by atoms with Crippen molar-refractivity contribution in [3.8, 4) is 0 Å². The molecule has 0 aromatic heterocycles. The van der Waals surface area contributed by atoms with Crippen LogP contribution in [-0.2, 0) is 11.8 Å². The van der Waals surface area contributed by atoms with E-state index in [9.17, 15) is 0 Å². The zero-order valence-electron chi connectivity index (χ0n) is 12.7. The number of halogens is 2. The normalized spacial score (nSPS) is 11.9. The first-order valence-corrected chi connectivity index (χ1v) is 9.62. The molecule has 112 valence electrons. The summed E-state index contributed by atoms with van der Waals surface area (Å²) in [5.74, 6) is 0.588. The van der Waals surface area contributed by atoms with Crippen molar-refractivity contribution in [2.45, 2.75) is 31.6 Å². The molecule has 0 unspecified atom stereocenters. The van der Waals surface area contributed by atoms with Crippen LogP contribution in [-0.4, -0.2) is 10.7 Å². The summed E-state index contributed by atoms with van der Waals surface area (Å²) in [6.45, 7) is 4.47. The Morgan fingerprint density at radius 1 is 0.857 bits per heavy atom. The molecule has 0 heterocycles. The third-order valence-corrected chi connectivity index (χ3v) is 6.23. The molecule has 0 aliphatic heterocycles. The van der Waals surface area contributed by atoms with Crippen LogP contribution in [0.3, 0.4) is 0 Å². The number of hydrogen-bond acceptors (Lipinski definition) is 0. The second-order valence-corrected chi connectivity index (χ2v) is 7.11. The molecule has 0 atom stereocenters. The summed E-state index contributed by atoms with van der Waals surface area (Å²) < 4.78 is 0. The first-order chi connectivity index (χ1) is 10.1. The molecule has 0 radical (unpaired) electrons. The van der Waals surface area contributed by atoms with Crippen LogP contribution in [0.5, 0.6) is 0 Å². The fraction of sp³-hybridized carbons (Fsp3) is 0.368. The third kappa shape index (κ3) is 3.98. The fourth-order valence-electron chi connectivity index (χ4n) is 2.59. The summed E-state index contributed by atoms with van der Waals surface area (Å²) in [4.78, 5) is 0. The molecule has 0 amide bonds. The fourth-order valence-corrected chi connectivity index (χ4v) is 4.56. The minimum atomic E-state index is 0.0978. The highest BCUT2D eigenvalue weighted by molar-refractivity contribution is 9.09. The van der Waals surface area contributed by atoms with Gasteiger partial charge < -0.3 is 0 Å². The molecule has 2 aromatic carbocycles. The molecule has 0 aliphatic rings. The van der Waals surface area contributed by atoms with E-state index >= 15 is 0 Å². The Bertz CT molecular complexity index is 540. The zero-order valence-corrected chi connectivity index (χ0v) is 15.8. The molecule has 0 spiro atoms. The van der Waals surface area contributed by atoms with Gasteiger partial charge in [-0.05, 0) is 29.0 Å². The van der Waals surface area contributed by atoms with E-state index in [2.05, 4.69) is 100 Å². The van der Waals surface area contributed by atoms with Gasteiger partial charge in [-0.1, -0.05) is 100 Å². The summed E-state index contributed by atoms with van der Waals surface area (Å²) in [5, 5.41) is 1.89. The van der Waals surface area contributed by atoms with Crippen molar-refractivity contribution in [2.24, 2.45) is 0 Å². The van der Waals surface area contributed by atoms with E-state index in [1.165, 1.54) is 16.7 Å². The van der Waals surface area contributed by atoms with Crippen LogP contribution in [0.4, 0.5) is 0 Å². The SMILES string of the molecule is CC(C)c1ccc(CC(CBr)(CBr)c2ccccc2)cc1. The predicted molar refractivity (Wildman–Crippen MR) is 99.9 cm³/mol. The maximum Gasteiger partial charge on any atom is 0.0187 e. The van der Waals surface area contributed by atoms with Crippen molar-refractivity contribution < 1.29 is 0 Å². The minimum absolute atomic E-state index is 0.0978. The second kappa shape index (κ2) is 7.60. The maximum atomic E-state index is 3.74. The van der Waals surface area contributed by atoms with Gasteiger partial charge in [0.1, 0.15) is 0 Å². The Hall–Kier alpha value is -0.600. The molecule has 2 heteroatoms. The molecule has 2 rings (SSSR count). The van der Waals surface area contributed by atoms with Crippen LogP contribution in [0.15, 0.2) is 54.6 Å². The van der Waals surface area contributed by atoms with Gasteiger partial charge in [0, 0.05) is 16.1 Å². The van der Waals surface area contributed by atoms with Crippen molar-refractivity contribution in [3.05, 3.63) is 71.3 Å². The molecule has 2 aromatic rings. The quantitative estimate of drug-likeness (QED) is 0.507. The molecule has 21 heavy (non-hydrogen) atoms. The average molecular weight is 410 g/mol. The third-order valence-electron chi connectivity index (χ3n) is 4.09. The van der Waals surface area contributed by atoms with Crippen molar-refractivity contribution in [3.63, 3.8) is 0 Å². The summed E-state index contributed by atoms with van der Waals surface area (Å²) >= 11 is 7.47. The minimum Gasteiger partial charge on any atom is -0.0918 e. The van der Waals surface area contributed by atoms with Gasteiger partial charge in [-0.2, -0.15) is 0 Å². The number of alkyl halides is 2. The molecule has 0 N–H and O–H groups in total. The number of benzene rings is 2. The summed E-state index contributed by atoms with van der Waals surface area (Å²) in [6, 6.07) is 19.9. The van der Waals surface area contributed by atoms with E-state index in [0.29, 0.717) is 5.92 Å². The number of hydrogen-bond donors (Lipinski definition) is 0. The van der Waals surface area contributed by atoms with Gasteiger partial charge >= 0.3 is 0 Å². The molecule has 0 aliphatic carbocycles. The summed E-state index contributed by atoms with van der Waals surface area (Å²) in [6.07, 6.45) is 1.03. The predicted octanol–water partition coefficient (Wildman–Crippen LogP) is 6.08. The van der Waals surface area contributed by atoms with E-state index in [0.717, 1.165) is 17.1 Å². The Morgan fingerprint density at radius 3 is 1.90 bits per heavy atom. The highest BCUT2D eigenvalue weighted by Crippen LogP contribution is 2.33. The Balaban J connectivity index is 2.28. The van der Waals surface area contributed by atoms with Crippen LogP contribution in [0.1, 0.15) is 36.5 Å². The molecule has 0 fully saturated rings. The van der Waals surface area contributed by atoms with Crippen LogP contribution < -0.4 is 0 Å². The van der Waals surface area contributed by atoms with Crippen LogP contribution in [0.25, 0.3) is 0 Å². The highest BCUT2D eigenvalue weighted by Gasteiger charge is 2.30. The van der Waals surface area contributed by atoms with Crippen molar-refractivity contribution in [1.29, 1.82) is 0 Å². The number of rotatable bonds is 6. The van der Waals surface area contributed by atoms with Gasteiger partial charge in [0.05, 0.1) is 0 Å². The monoisotopic (exact) mass is 408 g/mol. The highest BCUT2D eigenvalue weighted by atomic mass is 79.9. The molecule has 0 bridgehead atoms. The van der Waals surface area contributed by atoms with Gasteiger partial charge in [-0.3, -0.25) is 0 Å². The largest absolute Gasteiger partial charge is 0.0918 e. The average Bonchev–Trinajstić information content (AvgIpc) is 2.54. The lowest BCUT2D eigenvalue weighted by Gasteiger charge is -2.31. The summed E-state index contributed by atoms with van der Waals surface area (Å²) in [7, 11) is 0. The van der Waals surface area contributed by atoms with Crippen molar-refractivity contribution >= 4 is 31.9 Å². The Kier molecular flexibility index (Phi) is 6.07. The molecular formula is C19H22Br2. The van der Waals surface area contributed by atoms with Gasteiger partial charge in [-0.25, -0.2) is 0 Å². The van der Waals surface area contributed by atoms with E-state index < -0.39 is 0 Å². The van der Waals surface area contributed by atoms with Crippen LogP contribution in [0.2, 0.25) is 0 Å². The van der Waals surface area contributed by atoms with E-state index in [-0.39, 0.29) is 5.41 Å². The lowest BCUT2D eigenvalue weighted by atomic mass is 9.79. The lowest BCUT2D eigenvalue weighted by Crippen LogP contribution is -2.32. The van der Waals surface area contributed by atoms with Gasteiger partial charge in [0.15, 0.2) is 0 Å². The van der Waals surface area contributed by atoms with E-state index in [4.69, 9.17) is 0 Å². The van der Waals surface area contributed by atoms with Crippen molar-refractivity contribution in [2.75, 3.05) is 10.7 Å². The van der Waals surface area contributed by atoms with E-state index in [1.54, 1.807) is 0 Å².